The molecule has 0 aromatic carbocycles. The molecule has 0 N–H and O–H groups in total. The van der Waals surface area contributed by atoms with E-state index in [1.54, 1.807) is 0 Å². The van der Waals surface area contributed by atoms with Crippen molar-refractivity contribution in [2.24, 2.45) is 5.92 Å². The number of thiol groups is 1. The van der Waals surface area contributed by atoms with Crippen LogP contribution in [0.1, 0.15) is 38.5 Å². The zero-order valence-corrected chi connectivity index (χ0v) is 7.07. The summed E-state index contributed by atoms with van der Waals surface area (Å²) < 4.78 is 0. The molecule has 0 heterocycles. The number of hydrogen-bond acceptors (Lipinski definition) is 1. The van der Waals surface area contributed by atoms with E-state index in [4.69, 9.17) is 0 Å². The van der Waals surface area contributed by atoms with Crippen LogP contribution in [0, 0.1) is 5.92 Å². The minimum Gasteiger partial charge on any atom is -0.288 e. The zero-order chi connectivity index (χ0) is 7.40. The van der Waals surface area contributed by atoms with Crippen molar-refractivity contribution in [3.05, 3.63) is 0 Å². The van der Waals surface area contributed by atoms with Crippen molar-refractivity contribution in [2.45, 2.75) is 38.5 Å². The Morgan fingerprint density at radius 3 is 2.60 bits per heavy atom. The fraction of sp³-hybridized carbons (Fsp3) is 0.875. The van der Waals surface area contributed by atoms with E-state index in [1.807, 2.05) is 0 Å². The van der Waals surface area contributed by atoms with Gasteiger partial charge < -0.3 is 0 Å². The molecule has 2 heteroatoms. The van der Waals surface area contributed by atoms with Crippen molar-refractivity contribution in [1.29, 1.82) is 0 Å². The highest BCUT2D eigenvalue weighted by Crippen LogP contribution is 2.30. The fourth-order valence-corrected chi connectivity index (χ4v) is 1.48. The molecule has 1 aliphatic carbocycles. The van der Waals surface area contributed by atoms with Crippen molar-refractivity contribution in [1.82, 2.24) is 0 Å². The highest BCUT2D eigenvalue weighted by Gasteiger charge is 2.16. The summed E-state index contributed by atoms with van der Waals surface area (Å²) in [6.07, 6.45) is 7.14. The highest BCUT2D eigenvalue weighted by atomic mass is 32.1. The Morgan fingerprint density at radius 2 is 2.20 bits per heavy atom. The van der Waals surface area contributed by atoms with Crippen molar-refractivity contribution in [3.8, 4) is 0 Å². The number of hydrogen-bond donors (Lipinski definition) is 1. The summed E-state index contributed by atoms with van der Waals surface area (Å²) in [5.74, 6) is 0.938. The lowest BCUT2D eigenvalue weighted by molar-refractivity contribution is -0.110. The van der Waals surface area contributed by atoms with Gasteiger partial charge in [-0.05, 0) is 18.8 Å². The molecule has 0 saturated heterocycles. The Balaban J connectivity index is 1.89. The van der Waals surface area contributed by atoms with Crippen LogP contribution in [-0.4, -0.2) is 5.12 Å². The predicted octanol–water partition coefficient (Wildman–Crippen LogP) is 2.41. The zero-order valence-electron chi connectivity index (χ0n) is 6.18. The predicted molar refractivity (Wildman–Crippen MR) is 45.2 cm³/mol. The first kappa shape index (κ1) is 8.12. The molecule has 0 aromatic heterocycles. The SMILES string of the molecule is O=C(S)CCCC1CCC1. The van der Waals surface area contributed by atoms with E-state index >= 15 is 0 Å². The van der Waals surface area contributed by atoms with Crippen LogP contribution in [0.2, 0.25) is 0 Å². The lowest BCUT2D eigenvalue weighted by Crippen LogP contribution is -2.10. The third-order valence-corrected chi connectivity index (χ3v) is 2.45. The molecule has 0 bridgehead atoms. The van der Waals surface area contributed by atoms with Crippen molar-refractivity contribution in [2.75, 3.05) is 0 Å². The summed E-state index contributed by atoms with van der Waals surface area (Å²) in [4.78, 5) is 10.4. The van der Waals surface area contributed by atoms with Gasteiger partial charge in [-0.3, -0.25) is 4.79 Å². The molecule has 0 aromatic rings. The van der Waals surface area contributed by atoms with Gasteiger partial charge in [0, 0.05) is 6.42 Å². The molecule has 58 valence electrons. The van der Waals surface area contributed by atoms with Gasteiger partial charge in [-0.15, -0.1) is 12.6 Å². The van der Waals surface area contributed by atoms with Crippen LogP contribution in [0.3, 0.4) is 0 Å². The third-order valence-electron chi connectivity index (χ3n) is 2.23. The maximum absolute atomic E-state index is 10.4. The average Bonchev–Trinajstić information content (AvgIpc) is 1.75. The first-order valence-electron chi connectivity index (χ1n) is 4.01. The van der Waals surface area contributed by atoms with E-state index in [-0.39, 0.29) is 5.12 Å². The average molecular weight is 158 g/mol. The van der Waals surface area contributed by atoms with Crippen LogP contribution in [0.5, 0.6) is 0 Å². The molecule has 1 fully saturated rings. The first-order chi connectivity index (χ1) is 4.79. The largest absolute Gasteiger partial charge is 0.288 e. The molecule has 1 aliphatic rings. The highest BCUT2D eigenvalue weighted by molar-refractivity contribution is 7.96. The summed E-state index contributed by atoms with van der Waals surface area (Å²) in [5.41, 5.74) is 0. The maximum Gasteiger partial charge on any atom is 0.185 e. The van der Waals surface area contributed by atoms with Crippen LogP contribution in [0.15, 0.2) is 0 Å². The van der Waals surface area contributed by atoms with Crippen LogP contribution >= 0.6 is 12.6 Å². The van der Waals surface area contributed by atoms with Gasteiger partial charge in [0.15, 0.2) is 5.12 Å². The topological polar surface area (TPSA) is 17.1 Å². The second-order valence-corrected chi connectivity index (χ2v) is 3.58. The Bertz CT molecular complexity index is 118. The van der Waals surface area contributed by atoms with Gasteiger partial charge in [-0.25, -0.2) is 0 Å². The molecule has 1 nitrogen and oxygen atoms in total. The Kier molecular flexibility index (Phi) is 3.26. The number of rotatable bonds is 4. The van der Waals surface area contributed by atoms with Crippen LogP contribution < -0.4 is 0 Å². The van der Waals surface area contributed by atoms with Gasteiger partial charge in [-0.1, -0.05) is 19.3 Å². The smallest absolute Gasteiger partial charge is 0.185 e. The van der Waals surface area contributed by atoms with Crippen LogP contribution in [0.25, 0.3) is 0 Å². The molecule has 0 amide bonds. The second-order valence-electron chi connectivity index (χ2n) is 3.08. The van der Waals surface area contributed by atoms with Gasteiger partial charge in [0.25, 0.3) is 0 Å². The van der Waals surface area contributed by atoms with Gasteiger partial charge >= 0.3 is 0 Å². The summed E-state index contributed by atoms with van der Waals surface area (Å²) in [5, 5.41) is 0.0410. The van der Waals surface area contributed by atoms with E-state index in [0.717, 1.165) is 12.3 Å². The molecular weight excluding hydrogens is 144 g/mol. The number of carbonyl (C=O) groups is 1. The first-order valence-corrected chi connectivity index (χ1v) is 4.45. The quantitative estimate of drug-likeness (QED) is 0.622. The van der Waals surface area contributed by atoms with Crippen LogP contribution in [0.4, 0.5) is 0 Å². The van der Waals surface area contributed by atoms with Crippen molar-refractivity contribution < 1.29 is 4.79 Å². The minimum absolute atomic E-state index is 0.0410. The summed E-state index contributed by atoms with van der Waals surface area (Å²) in [6.45, 7) is 0. The monoisotopic (exact) mass is 158 g/mol. The lowest BCUT2D eigenvalue weighted by atomic mass is 9.82. The van der Waals surface area contributed by atoms with Gasteiger partial charge in [0.2, 0.25) is 0 Å². The fourth-order valence-electron chi connectivity index (χ4n) is 1.32. The van der Waals surface area contributed by atoms with Gasteiger partial charge in [0.1, 0.15) is 0 Å². The van der Waals surface area contributed by atoms with E-state index in [9.17, 15) is 4.79 Å². The van der Waals surface area contributed by atoms with Gasteiger partial charge in [0.05, 0.1) is 0 Å². The molecule has 0 unspecified atom stereocenters. The van der Waals surface area contributed by atoms with E-state index < -0.39 is 0 Å². The van der Waals surface area contributed by atoms with E-state index in [2.05, 4.69) is 12.6 Å². The lowest BCUT2D eigenvalue weighted by Gasteiger charge is -2.24. The van der Waals surface area contributed by atoms with E-state index in [1.165, 1.54) is 25.7 Å². The minimum atomic E-state index is 0.0410. The molecule has 0 radical (unpaired) electrons. The summed E-state index contributed by atoms with van der Waals surface area (Å²) in [7, 11) is 0. The molecule has 10 heavy (non-hydrogen) atoms. The summed E-state index contributed by atoms with van der Waals surface area (Å²) in [6, 6.07) is 0. The van der Waals surface area contributed by atoms with E-state index in [0.29, 0.717) is 6.42 Å². The molecule has 0 spiro atoms. The Hall–Kier alpha value is 0.0200. The summed E-state index contributed by atoms with van der Waals surface area (Å²) >= 11 is 3.71. The van der Waals surface area contributed by atoms with Gasteiger partial charge in [-0.2, -0.15) is 0 Å². The maximum atomic E-state index is 10.4. The normalized spacial score (nSPS) is 18.5. The molecular formula is C8H14OS. The molecule has 1 saturated carbocycles. The molecule has 1 rings (SSSR count). The second kappa shape index (κ2) is 4.02. The number of carbonyl (C=O) groups excluding carboxylic acids is 1. The molecule has 0 atom stereocenters. The standard InChI is InChI=1S/C8H14OS/c9-8(10)6-2-5-7-3-1-4-7/h7H,1-6H2,(H,9,10). The Morgan fingerprint density at radius 1 is 1.50 bits per heavy atom. The van der Waals surface area contributed by atoms with Crippen LogP contribution in [-0.2, 0) is 4.79 Å². The van der Waals surface area contributed by atoms with Crippen molar-refractivity contribution >= 4 is 17.7 Å². The van der Waals surface area contributed by atoms with Crippen molar-refractivity contribution in [3.63, 3.8) is 0 Å². The third kappa shape index (κ3) is 2.74. The Labute approximate surface area is 67.6 Å². The molecule has 0 aliphatic heterocycles.